The van der Waals surface area contributed by atoms with Gasteiger partial charge in [0.05, 0.1) is 36.1 Å². The Hall–Kier alpha value is -4.73. The van der Waals surface area contributed by atoms with Crippen molar-refractivity contribution in [1.29, 1.82) is 5.26 Å². The first-order chi connectivity index (χ1) is 20.8. The largest absolute Gasteiger partial charge is 0.488 e. The van der Waals surface area contributed by atoms with Crippen LogP contribution in [-0.2, 0) is 20.9 Å². The standard InChI is InChI=1S/C31H28BrN5O5S/c1-3-40-30(39)28-19(2)35-31(43)36-29(28)24-10-6-7-11-26(24)42-18-27(38)37-34-16-22-14-23(32)12-13-25(22)41-17-21-9-5-4-8-20(21)15-33/h4-14,16,29H,3,17-18H2,1-2H3,(H,37,38)(H2,35,36,43)/t29-/m0/s1. The van der Waals surface area contributed by atoms with Crippen LogP contribution in [0.25, 0.3) is 0 Å². The summed E-state index contributed by atoms with van der Waals surface area (Å²) < 4.78 is 17.8. The molecular weight excluding hydrogens is 634 g/mol. The number of nitriles is 1. The number of benzene rings is 3. The fourth-order valence-electron chi connectivity index (χ4n) is 4.27. The number of nitrogens with zero attached hydrogens (tertiary/aromatic N) is 2. The van der Waals surface area contributed by atoms with Crippen molar-refractivity contribution in [3.8, 4) is 17.6 Å². The molecule has 1 aliphatic heterocycles. The summed E-state index contributed by atoms with van der Waals surface area (Å²) in [6.45, 7) is 3.54. The molecule has 0 radical (unpaired) electrons. The van der Waals surface area contributed by atoms with E-state index in [0.29, 0.717) is 44.6 Å². The lowest BCUT2D eigenvalue weighted by atomic mass is 9.95. The topological polar surface area (TPSA) is 134 Å². The fraction of sp³-hybridized carbons (Fsp3) is 0.194. The third-order valence-corrected chi connectivity index (χ3v) is 6.95. The van der Waals surface area contributed by atoms with Crippen LogP contribution in [0.15, 0.2) is 87.6 Å². The zero-order valence-electron chi connectivity index (χ0n) is 23.3. The molecule has 0 saturated heterocycles. The van der Waals surface area contributed by atoms with Gasteiger partial charge in [-0.15, -0.1) is 0 Å². The van der Waals surface area contributed by atoms with E-state index >= 15 is 0 Å². The molecule has 1 heterocycles. The minimum Gasteiger partial charge on any atom is -0.488 e. The van der Waals surface area contributed by atoms with Crippen LogP contribution in [0.2, 0.25) is 0 Å². The molecule has 1 aliphatic rings. The van der Waals surface area contributed by atoms with Gasteiger partial charge in [-0.25, -0.2) is 10.2 Å². The molecule has 0 unspecified atom stereocenters. The van der Waals surface area contributed by atoms with Gasteiger partial charge >= 0.3 is 5.97 Å². The number of esters is 1. The van der Waals surface area contributed by atoms with E-state index in [4.69, 9.17) is 26.4 Å². The predicted octanol–water partition coefficient (Wildman–Crippen LogP) is 4.78. The minimum absolute atomic E-state index is 0.190. The number of allylic oxidation sites excluding steroid dienone is 1. The van der Waals surface area contributed by atoms with E-state index in [2.05, 4.69) is 43.2 Å². The third-order valence-electron chi connectivity index (χ3n) is 6.24. The normalized spacial score (nSPS) is 14.4. The maximum Gasteiger partial charge on any atom is 0.338 e. The Bertz CT molecular complexity index is 1630. The average molecular weight is 663 g/mol. The lowest BCUT2D eigenvalue weighted by molar-refractivity contribution is -0.139. The lowest BCUT2D eigenvalue weighted by Crippen LogP contribution is -2.45. The number of rotatable bonds is 11. The zero-order valence-corrected chi connectivity index (χ0v) is 25.8. The molecule has 0 aliphatic carbocycles. The zero-order chi connectivity index (χ0) is 30.8. The molecule has 3 aromatic rings. The number of nitrogens with one attached hydrogen (secondary N) is 3. The Morgan fingerprint density at radius 1 is 1.12 bits per heavy atom. The summed E-state index contributed by atoms with van der Waals surface area (Å²) in [5.74, 6) is -0.0804. The van der Waals surface area contributed by atoms with Gasteiger partial charge in [0.25, 0.3) is 5.91 Å². The van der Waals surface area contributed by atoms with E-state index in [-0.39, 0.29) is 19.8 Å². The molecule has 0 spiro atoms. The highest BCUT2D eigenvalue weighted by Gasteiger charge is 2.32. The number of thiocarbonyl (C=S) groups is 1. The first-order valence-corrected chi connectivity index (χ1v) is 14.4. The van der Waals surface area contributed by atoms with E-state index in [0.717, 1.165) is 10.0 Å². The Balaban J connectivity index is 1.42. The highest BCUT2D eigenvalue weighted by molar-refractivity contribution is 9.10. The molecule has 0 aromatic heterocycles. The summed E-state index contributed by atoms with van der Waals surface area (Å²) in [5.41, 5.74) is 5.90. The quantitative estimate of drug-likeness (QED) is 0.115. The number of carbonyl (C=O) groups is 2. The molecule has 10 nitrogen and oxygen atoms in total. The van der Waals surface area contributed by atoms with E-state index in [9.17, 15) is 14.9 Å². The maximum atomic E-state index is 12.7. The van der Waals surface area contributed by atoms with Gasteiger partial charge in [0.2, 0.25) is 0 Å². The van der Waals surface area contributed by atoms with Crippen LogP contribution >= 0.6 is 28.1 Å². The Kier molecular flexibility index (Phi) is 10.9. The van der Waals surface area contributed by atoms with Crippen molar-refractivity contribution in [2.45, 2.75) is 26.5 Å². The number of amides is 1. The molecule has 0 bridgehead atoms. The minimum atomic E-state index is -0.639. The molecule has 1 atom stereocenters. The number of halogens is 1. The first-order valence-electron chi connectivity index (χ1n) is 13.2. The van der Waals surface area contributed by atoms with Gasteiger partial charge in [-0.2, -0.15) is 10.4 Å². The summed E-state index contributed by atoms with van der Waals surface area (Å²) in [4.78, 5) is 25.4. The first kappa shape index (κ1) is 31.2. The van der Waals surface area contributed by atoms with E-state index in [1.807, 2.05) is 18.2 Å². The van der Waals surface area contributed by atoms with Crippen molar-refractivity contribution >= 4 is 51.4 Å². The van der Waals surface area contributed by atoms with Crippen LogP contribution in [0.4, 0.5) is 0 Å². The Morgan fingerprint density at radius 3 is 2.67 bits per heavy atom. The van der Waals surface area contributed by atoms with E-state index in [1.54, 1.807) is 62.4 Å². The van der Waals surface area contributed by atoms with Crippen LogP contribution in [-0.4, -0.2) is 36.4 Å². The molecule has 0 saturated carbocycles. The van der Waals surface area contributed by atoms with Crippen molar-refractivity contribution in [3.05, 3.63) is 105 Å². The average Bonchev–Trinajstić information content (AvgIpc) is 2.99. The molecule has 4 rings (SSSR count). The summed E-state index contributed by atoms with van der Waals surface area (Å²) in [7, 11) is 0. The second kappa shape index (κ2) is 14.9. The van der Waals surface area contributed by atoms with E-state index < -0.39 is 17.9 Å². The highest BCUT2D eigenvalue weighted by atomic mass is 79.9. The SMILES string of the molecule is CCOC(=O)C1=C(C)NC(=S)N[C@H]1c1ccccc1OCC(=O)NN=Cc1cc(Br)ccc1OCc1ccccc1C#N. The fourth-order valence-corrected chi connectivity index (χ4v) is 4.92. The summed E-state index contributed by atoms with van der Waals surface area (Å²) in [6, 6.07) is 21.1. The third kappa shape index (κ3) is 8.18. The van der Waals surface area contributed by atoms with Crippen LogP contribution in [0.5, 0.6) is 11.5 Å². The van der Waals surface area contributed by atoms with Crippen molar-refractivity contribution < 1.29 is 23.8 Å². The molecule has 3 aromatic carbocycles. The van der Waals surface area contributed by atoms with Gasteiger partial charge in [0.15, 0.2) is 11.7 Å². The summed E-state index contributed by atoms with van der Waals surface area (Å²) >= 11 is 8.76. The van der Waals surface area contributed by atoms with Crippen molar-refractivity contribution in [3.63, 3.8) is 0 Å². The summed E-state index contributed by atoms with van der Waals surface area (Å²) in [6.07, 6.45) is 1.46. The maximum absolute atomic E-state index is 12.7. The number of hydrazone groups is 1. The number of para-hydroxylation sites is 1. The molecule has 0 fully saturated rings. The number of hydrogen-bond donors (Lipinski definition) is 3. The molecule has 12 heteroatoms. The molecule has 43 heavy (non-hydrogen) atoms. The highest BCUT2D eigenvalue weighted by Crippen LogP contribution is 2.33. The van der Waals surface area contributed by atoms with Gasteiger partial charge in [0, 0.05) is 26.9 Å². The summed E-state index contributed by atoms with van der Waals surface area (Å²) in [5, 5.41) is 19.8. The number of hydrogen-bond acceptors (Lipinski definition) is 8. The number of ether oxygens (including phenoxy) is 3. The molecular formula is C31H28BrN5O5S. The van der Waals surface area contributed by atoms with E-state index in [1.165, 1.54) is 6.21 Å². The van der Waals surface area contributed by atoms with Gasteiger partial charge in [-0.3, -0.25) is 4.79 Å². The smallest absolute Gasteiger partial charge is 0.338 e. The van der Waals surface area contributed by atoms with Crippen LogP contribution in [0, 0.1) is 11.3 Å². The lowest BCUT2D eigenvalue weighted by Gasteiger charge is -2.30. The second-order valence-corrected chi connectivity index (χ2v) is 10.5. The van der Waals surface area contributed by atoms with Crippen molar-refractivity contribution in [2.24, 2.45) is 5.10 Å². The monoisotopic (exact) mass is 661 g/mol. The van der Waals surface area contributed by atoms with Crippen LogP contribution < -0.4 is 25.5 Å². The van der Waals surface area contributed by atoms with Gasteiger partial charge in [-0.1, -0.05) is 52.3 Å². The van der Waals surface area contributed by atoms with Gasteiger partial charge < -0.3 is 24.8 Å². The number of carbonyl (C=O) groups excluding carboxylic acids is 2. The Morgan fingerprint density at radius 2 is 1.88 bits per heavy atom. The molecule has 220 valence electrons. The van der Waals surface area contributed by atoms with Gasteiger partial charge in [0.1, 0.15) is 18.1 Å². The second-order valence-electron chi connectivity index (χ2n) is 9.15. The molecule has 1 amide bonds. The van der Waals surface area contributed by atoms with Crippen molar-refractivity contribution in [1.82, 2.24) is 16.1 Å². The Labute approximate surface area is 262 Å². The predicted molar refractivity (Wildman–Crippen MR) is 168 cm³/mol. The van der Waals surface area contributed by atoms with Crippen LogP contribution in [0.1, 0.15) is 42.1 Å². The van der Waals surface area contributed by atoms with Crippen LogP contribution in [0.3, 0.4) is 0 Å². The van der Waals surface area contributed by atoms with Crippen molar-refractivity contribution in [2.75, 3.05) is 13.2 Å². The molecule has 3 N–H and O–H groups in total. The van der Waals surface area contributed by atoms with Gasteiger partial charge in [-0.05, 0) is 56.4 Å².